The lowest BCUT2D eigenvalue weighted by Gasteiger charge is -2.18. The van der Waals surface area contributed by atoms with E-state index in [0.717, 1.165) is 7.11 Å². The van der Waals surface area contributed by atoms with Gasteiger partial charge in [0.1, 0.15) is 0 Å². The highest BCUT2D eigenvalue weighted by atomic mass is 35.5. The number of halogens is 7. The molecule has 1 aromatic rings. The summed E-state index contributed by atoms with van der Waals surface area (Å²) in [6, 6.07) is 0. The second-order valence-corrected chi connectivity index (χ2v) is 3.77. The minimum absolute atomic E-state index is 0.188. The number of ether oxygens (including phenoxy) is 2. The molecule has 0 aromatic carbocycles. The van der Waals surface area contributed by atoms with Crippen molar-refractivity contribution in [1.82, 2.24) is 4.98 Å². The van der Waals surface area contributed by atoms with Gasteiger partial charge in [-0.25, -0.2) is 9.78 Å². The van der Waals surface area contributed by atoms with E-state index in [1.54, 1.807) is 0 Å². The van der Waals surface area contributed by atoms with Crippen LogP contribution in [0.5, 0.6) is 5.75 Å². The first kappa shape index (κ1) is 17.3. The van der Waals surface area contributed by atoms with Crippen molar-refractivity contribution < 1.29 is 40.6 Å². The number of methoxy groups -OCH3 is 1. The number of alkyl halides is 7. The number of rotatable bonds is 3. The van der Waals surface area contributed by atoms with Crippen molar-refractivity contribution in [2.24, 2.45) is 0 Å². The van der Waals surface area contributed by atoms with Gasteiger partial charge in [0.2, 0.25) is 0 Å². The lowest BCUT2D eigenvalue weighted by atomic mass is 10.1. The molecule has 21 heavy (non-hydrogen) atoms. The van der Waals surface area contributed by atoms with Crippen LogP contribution in [0.1, 0.15) is 21.6 Å². The molecule has 0 unspecified atom stereocenters. The predicted octanol–water partition coefficient (Wildman–Crippen LogP) is 3.52. The van der Waals surface area contributed by atoms with Crippen molar-refractivity contribution in [1.29, 1.82) is 0 Å². The van der Waals surface area contributed by atoms with Crippen LogP contribution in [0.4, 0.5) is 26.3 Å². The first-order valence-corrected chi connectivity index (χ1v) is 5.53. The van der Waals surface area contributed by atoms with Crippen molar-refractivity contribution in [3.05, 3.63) is 23.0 Å². The van der Waals surface area contributed by atoms with Gasteiger partial charge >= 0.3 is 18.5 Å². The molecule has 0 spiro atoms. The van der Waals surface area contributed by atoms with Crippen LogP contribution in [0.2, 0.25) is 0 Å². The van der Waals surface area contributed by atoms with Gasteiger partial charge in [-0.05, 0) is 0 Å². The van der Waals surface area contributed by atoms with Crippen LogP contribution in [-0.4, -0.2) is 24.4 Å². The molecule has 118 valence electrons. The Morgan fingerprint density at radius 3 is 2.24 bits per heavy atom. The molecule has 0 bridgehead atoms. The molecular weight excluding hydrogens is 332 g/mol. The third kappa shape index (κ3) is 4.13. The number of pyridine rings is 1. The number of hydrogen-bond donors (Lipinski definition) is 0. The molecule has 1 rings (SSSR count). The topological polar surface area (TPSA) is 48.4 Å². The van der Waals surface area contributed by atoms with E-state index in [-0.39, 0.29) is 6.20 Å². The zero-order valence-corrected chi connectivity index (χ0v) is 10.9. The molecule has 0 radical (unpaired) electrons. The first-order valence-electron chi connectivity index (χ1n) is 5.00. The van der Waals surface area contributed by atoms with Gasteiger partial charge in [-0.15, -0.1) is 24.8 Å². The largest absolute Gasteiger partial charge is 0.573 e. The minimum atomic E-state index is -5.34. The van der Waals surface area contributed by atoms with Gasteiger partial charge in [0, 0.05) is 11.8 Å². The summed E-state index contributed by atoms with van der Waals surface area (Å²) in [5.74, 6) is -3.80. The fourth-order valence-electron chi connectivity index (χ4n) is 1.38. The summed E-state index contributed by atoms with van der Waals surface area (Å²) in [5.41, 5.74) is -3.65. The van der Waals surface area contributed by atoms with E-state index in [4.69, 9.17) is 11.6 Å². The van der Waals surface area contributed by atoms with Crippen LogP contribution in [-0.2, 0) is 16.8 Å². The summed E-state index contributed by atoms with van der Waals surface area (Å²) in [4.78, 5) is 14.3. The monoisotopic (exact) mass is 337 g/mol. The van der Waals surface area contributed by atoms with Crippen molar-refractivity contribution in [2.45, 2.75) is 18.4 Å². The summed E-state index contributed by atoms with van der Waals surface area (Å²) >= 11 is 5.26. The van der Waals surface area contributed by atoms with E-state index in [2.05, 4.69) is 14.5 Å². The Balaban J connectivity index is 3.60. The summed E-state index contributed by atoms with van der Waals surface area (Å²) in [5, 5.41) is 0. The second-order valence-electron chi connectivity index (χ2n) is 3.50. The quantitative estimate of drug-likeness (QED) is 0.481. The van der Waals surface area contributed by atoms with Gasteiger partial charge in [0.25, 0.3) is 0 Å². The highest BCUT2D eigenvalue weighted by Gasteiger charge is 2.40. The third-order valence-corrected chi connectivity index (χ3v) is 2.44. The maximum Gasteiger partial charge on any atom is 0.573 e. The van der Waals surface area contributed by atoms with Gasteiger partial charge in [-0.1, -0.05) is 0 Å². The number of esters is 1. The van der Waals surface area contributed by atoms with Gasteiger partial charge < -0.3 is 9.47 Å². The van der Waals surface area contributed by atoms with E-state index in [1.165, 1.54) is 0 Å². The van der Waals surface area contributed by atoms with Crippen LogP contribution < -0.4 is 4.74 Å². The molecule has 0 N–H and O–H groups in total. The van der Waals surface area contributed by atoms with Crippen molar-refractivity contribution in [3.63, 3.8) is 0 Å². The van der Waals surface area contributed by atoms with Gasteiger partial charge in [-0.3, -0.25) is 0 Å². The van der Waals surface area contributed by atoms with Crippen LogP contribution in [0.15, 0.2) is 6.20 Å². The molecule has 1 heterocycles. The van der Waals surface area contributed by atoms with E-state index in [9.17, 15) is 31.1 Å². The Kier molecular flexibility index (Phi) is 4.92. The van der Waals surface area contributed by atoms with Gasteiger partial charge in [0.05, 0.1) is 18.6 Å². The molecule has 0 aliphatic carbocycles. The lowest BCUT2D eigenvalue weighted by molar-refractivity contribution is -0.275. The van der Waals surface area contributed by atoms with Gasteiger partial charge in [-0.2, -0.15) is 13.2 Å². The highest BCUT2D eigenvalue weighted by molar-refractivity contribution is 6.17. The number of hydrogen-bond acceptors (Lipinski definition) is 4. The fraction of sp³-hybridized carbons (Fsp3) is 0.400. The van der Waals surface area contributed by atoms with E-state index >= 15 is 0 Å². The lowest BCUT2D eigenvalue weighted by Crippen LogP contribution is -2.23. The standard InChI is InChI=1S/C10H6ClF6NO3/c1-20-8(19)6-7(21-10(15,16)17)4(2-11)5(3-18-6)9(12,13)14/h3H,2H2,1H3. The van der Waals surface area contributed by atoms with E-state index < -0.39 is 47.0 Å². The Bertz CT molecular complexity index is 543. The summed E-state index contributed by atoms with van der Waals surface area (Å²) < 4.78 is 82.7. The highest BCUT2D eigenvalue weighted by Crippen LogP contribution is 2.39. The number of carbonyl (C=O) groups is 1. The maximum absolute atomic E-state index is 12.7. The second kappa shape index (κ2) is 5.96. The number of aromatic nitrogens is 1. The molecule has 4 nitrogen and oxygen atoms in total. The SMILES string of the molecule is COC(=O)c1ncc(C(F)(F)F)c(CCl)c1OC(F)(F)F. The van der Waals surface area contributed by atoms with Crippen LogP contribution >= 0.6 is 11.6 Å². The predicted molar refractivity (Wildman–Crippen MR) is 56.8 cm³/mol. The summed E-state index contributed by atoms with van der Waals surface area (Å²) in [7, 11) is 0.819. The molecule has 1 aromatic heterocycles. The summed E-state index contributed by atoms with van der Waals surface area (Å²) in [6.45, 7) is 0. The number of nitrogens with zero attached hydrogens (tertiary/aromatic N) is 1. The zero-order chi connectivity index (χ0) is 16.4. The molecule has 0 aliphatic heterocycles. The molecule has 0 saturated heterocycles. The van der Waals surface area contributed by atoms with E-state index in [1.807, 2.05) is 0 Å². The average molecular weight is 338 g/mol. The van der Waals surface area contributed by atoms with Crippen LogP contribution in [0, 0.1) is 0 Å². The Morgan fingerprint density at radius 1 is 1.29 bits per heavy atom. The molecule has 0 amide bonds. The molecule has 11 heteroatoms. The normalized spacial score (nSPS) is 12.2. The Labute approximate surface area is 118 Å². The zero-order valence-electron chi connectivity index (χ0n) is 10.1. The number of carbonyl (C=O) groups excluding carboxylic acids is 1. The summed E-state index contributed by atoms with van der Waals surface area (Å²) in [6.07, 6.45) is -10.2. The molecule has 0 fully saturated rings. The van der Waals surface area contributed by atoms with Crippen molar-refractivity contribution in [3.8, 4) is 5.75 Å². The van der Waals surface area contributed by atoms with Gasteiger partial charge in [0.15, 0.2) is 11.4 Å². The molecule has 0 aliphatic rings. The smallest absolute Gasteiger partial charge is 0.464 e. The van der Waals surface area contributed by atoms with Crippen LogP contribution in [0.25, 0.3) is 0 Å². The van der Waals surface area contributed by atoms with Crippen molar-refractivity contribution in [2.75, 3.05) is 7.11 Å². The average Bonchev–Trinajstić information content (AvgIpc) is 2.34. The maximum atomic E-state index is 12.7. The molecule has 0 atom stereocenters. The Hall–Kier alpha value is -1.71. The van der Waals surface area contributed by atoms with Crippen molar-refractivity contribution >= 4 is 17.6 Å². The fourth-order valence-corrected chi connectivity index (χ4v) is 1.64. The molecule has 0 saturated carbocycles. The minimum Gasteiger partial charge on any atom is -0.464 e. The third-order valence-electron chi connectivity index (χ3n) is 2.17. The molecular formula is C10H6ClF6NO3. The Morgan fingerprint density at radius 2 is 1.86 bits per heavy atom. The first-order chi connectivity index (χ1) is 9.51. The van der Waals surface area contributed by atoms with E-state index in [0.29, 0.717) is 0 Å². The van der Waals surface area contributed by atoms with Crippen LogP contribution in [0.3, 0.4) is 0 Å².